The summed E-state index contributed by atoms with van der Waals surface area (Å²) in [5.41, 5.74) is 0.987. The molecule has 0 radical (unpaired) electrons. The van der Waals surface area contributed by atoms with Crippen LogP contribution < -0.4 is 5.32 Å². The number of hydrogen-bond donors (Lipinski definition) is 1. The van der Waals surface area contributed by atoms with E-state index in [1.54, 1.807) is 31.1 Å². The van der Waals surface area contributed by atoms with E-state index in [1.807, 2.05) is 6.07 Å². The molecule has 8 heteroatoms. The fourth-order valence-corrected chi connectivity index (χ4v) is 3.74. The third-order valence-corrected chi connectivity index (χ3v) is 5.59. The van der Waals surface area contributed by atoms with E-state index in [1.165, 1.54) is 12.5 Å². The van der Waals surface area contributed by atoms with Gasteiger partial charge in [0.1, 0.15) is 12.4 Å². The van der Waals surface area contributed by atoms with Crippen LogP contribution in [-0.4, -0.2) is 92.6 Å². The maximum absolute atomic E-state index is 13.4. The van der Waals surface area contributed by atoms with Gasteiger partial charge in [0.05, 0.1) is 6.10 Å². The van der Waals surface area contributed by atoms with E-state index >= 15 is 0 Å². The highest BCUT2D eigenvalue weighted by Gasteiger charge is 2.22. The molecule has 1 amide bonds. The Kier molecular flexibility index (Phi) is 8.45. The molecular formula is C22H34FN5O2. The van der Waals surface area contributed by atoms with Gasteiger partial charge in [0.25, 0.3) is 0 Å². The monoisotopic (exact) mass is 419 g/mol. The number of benzene rings is 1. The fourth-order valence-electron chi connectivity index (χ4n) is 3.74. The zero-order valence-corrected chi connectivity index (χ0v) is 18.1. The van der Waals surface area contributed by atoms with Gasteiger partial charge in [0.15, 0.2) is 5.96 Å². The van der Waals surface area contributed by atoms with Gasteiger partial charge in [0.2, 0.25) is 5.91 Å². The van der Waals surface area contributed by atoms with Gasteiger partial charge in [-0.25, -0.2) is 9.38 Å². The van der Waals surface area contributed by atoms with E-state index in [4.69, 9.17) is 4.74 Å². The molecule has 1 unspecified atom stereocenters. The molecule has 2 aliphatic rings. The highest BCUT2D eigenvalue weighted by Crippen LogP contribution is 2.13. The Labute approximate surface area is 178 Å². The number of likely N-dealkylation sites (N-methyl/N-ethyl adjacent to an activating group) is 1. The minimum Gasteiger partial charge on any atom is -0.376 e. The number of piperazine rings is 1. The molecule has 166 valence electrons. The predicted molar refractivity (Wildman–Crippen MR) is 116 cm³/mol. The quantitative estimate of drug-likeness (QED) is 0.560. The molecule has 3 rings (SSSR count). The fraction of sp³-hybridized carbons (Fsp3) is 0.636. The van der Waals surface area contributed by atoms with Crippen LogP contribution in [0.5, 0.6) is 0 Å². The van der Waals surface area contributed by atoms with Gasteiger partial charge in [-0.2, -0.15) is 0 Å². The molecule has 30 heavy (non-hydrogen) atoms. The van der Waals surface area contributed by atoms with Gasteiger partial charge >= 0.3 is 0 Å². The van der Waals surface area contributed by atoms with Crippen molar-refractivity contribution in [1.82, 2.24) is 20.0 Å². The normalized spacial score (nSPS) is 20.8. The van der Waals surface area contributed by atoms with Crippen molar-refractivity contribution in [2.75, 3.05) is 60.0 Å². The van der Waals surface area contributed by atoms with Crippen molar-refractivity contribution in [2.24, 2.45) is 4.99 Å². The number of amides is 1. The van der Waals surface area contributed by atoms with Gasteiger partial charge in [-0.1, -0.05) is 12.1 Å². The molecule has 2 saturated heterocycles. The number of guanidine groups is 1. The Bertz CT molecular complexity index is 713. The molecule has 2 aliphatic heterocycles. The lowest BCUT2D eigenvalue weighted by molar-refractivity contribution is -0.127. The summed E-state index contributed by atoms with van der Waals surface area (Å²) < 4.78 is 19.3. The maximum atomic E-state index is 13.4. The smallest absolute Gasteiger partial charge is 0.243 e. The SMILES string of the molecule is CN(C)C(=O)CN=C(NCC1CCCCO1)N1CCN(Cc2cccc(F)c2)CC1. The summed E-state index contributed by atoms with van der Waals surface area (Å²) in [7, 11) is 3.48. The summed E-state index contributed by atoms with van der Waals surface area (Å²) in [5.74, 6) is 0.554. The zero-order valence-electron chi connectivity index (χ0n) is 18.1. The molecular weight excluding hydrogens is 385 g/mol. The minimum atomic E-state index is -0.194. The van der Waals surface area contributed by atoms with E-state index in [0.717, 1.165) is 63.7 Å². The number of halogens is 1. The van der Waals surface area contributed by atoms with Crippen LogP contribution in [0.4, 0.5) is 4.39 Å². The predicted octanol–water partition coefficient (Wildman–Crippen LogP) is 1.55. The number of hydrogen-bond acceptors (Lipinski definition) is 4. The molecule has 0 saturated carbocycles. The van der Waals surface area contributed by atoms with Gasteiger partial charge < -0.3 is 19.9 Å². The first-order valence-electron chi connectivity index (χ1n) is 10.8. The lowest BCUT2D eigenvalue weighted by Crippen LogP contribution is -2.53. The molecule has 1 N–H and O–H groups in total. The summed E-state index contributed by atoms with van der Waals surface area (Å²) in [6, 6.07) is 6.78. The third-order valence-electron chi connectivity index (χ3n) is 5.59. The van der Waals surface area contributed by atoms with E-state index in [0.29, 0.717) is 6.54 Å². The second kappa shape index (κ2) is 11.3. The van der Waals surface area contributed by atoms with E-state index < -0.39 is 0 Å². The van der Waals surface area contributed by atoms with Crippen molar-refractivity contribution < 1.29 is 13.9 Å². The van der Waals surface area contributed by atoms with Crippen molar-refractivity contribution in [3.05, 3.63) is 35.6 Å². The van der Waals surface area contributed by atoms with Crippen LogP contribution in [0.2, 0.25) is 0 Å². The maximum Gasteiger partial charge on any atom is 0.243 e. The van der Waals surface area contributed by atoms with Crippen molar-refractivity contribution in [2.45, 2.75) is 31.9 Å². The number of rotatable bonds is 6. The van der Waals surface area contributed by atoms with Crippen LogP contribution in [-0.2, 0) is 16.1 Å². The van der Waals surface area contributed by atoms with Crippen LogP contribution >= 0.6 is 0 Å². The summed E-state index contributed by atoms with van der Waals surface area (Å²) in [6.07, 6.45) is 3.57. The first kappa shape index (κ1) is 22.5. The van der Waals surface area contributed by atoms with Gasteiger partial charge in [-0.05, 0) is 37.0 Å². The Balaban J connectivity index is 1.55. The van der Waals surface area contributed by atoms with E-state index in [-0.39, 0.29) is 24.4 Å². The van der Waals surface area contributed by atoms with E-state index in [9.17, 15) is 9.18 Å². The Hall–Kier alpha value is -2.19. The standard InChI is InChI=1S/C22H34FN5O2/c1-26(2)21(29)16-25-22(24-15-20-8-3-4-13-30-20)28-11-9-27(10-12-28)17-18-6-5-7-19(23)14-18/h5-7,14,20H,3-4,8-13,15-17H2,1-2H3,(H,24,25). The summed E-state index contributed by atoms with van der Waals surface area (Å²) in [4.78, 5) is 22.7. The average molecular weight is 420 g/mol. The summed E-state index contributed by atoms with van der Waals surface area (Å²) >= 11 is 0. The molecule has 1 atom stereocenters. The zero-order chi connectivity index (χ0) is 21.3. The van der Waals surface area contributed by atoms with Gasteiger partial charge in [-0.15, -0.1) is 0 Å². The number of aliphatic imine (C=N–C) groups is 1. The molecule has 2 fully saturated rings. The molecule has 0 aromatic heterocycles. The van der Waals surface area contributed by atoms with Crippen molar-refractivity contribution in [3.8, 4) is 0 Å². The largest absolute Gasteiger partial charge is 0.376 e. The highest BCUT2D eigenvalue weighted by atomic mass is 19.1. The van der Waals surface area contributed by atoms with E-state index in [2.05, 4.69) is 20.1 Å². The Morgan fingerprint density at radius 3 is 2.73 bits per heavy atom. The van der Waals surface area contributed by atoms with Gasteiger partial charge in [-0.3, -0.25) is 9.69 Å². The topological polar surface area (TPSA) is 60.4 Å². The second-order valence-electron chi connectivity index (χ2n) is 8.19. The van der Waals surface area contributed by atoms with Gasteiger partial charge in [0, 0.05) is 60.0 Å². The molecule has 1 aromatic carbocycles. The Morgan fingerprint density at radius 2 is 2.07 bits per heavy atom. The summed E-state index contributed by atoms with van der Waals surface area (Å²) in [6.45, 7) is 5.73. The molecule has 0 aliphatic carbocycles. The lowest BCUT2D eigenvalue weighted by Gasteiger charge is -2.37. The first-order chi connectivity index (χ1) is 14.5. The Morgan fingerprint density at radius 1 is 1.27 bits per heavy atom. The number of ether oxygens (including phenoxy) is 1. The van der Waals surface area contributed by atoms with Crippen LogP contribution in [0.3, 0.4) is 0 Å². The van der Waals surface area contributed by atoms with Crippen LogP contribution in [0.15, 0.2) is 29.3 Å². The minimum absolute atomic E-state index is 0.0204. The number of nitrogens with zero attached hydrogens (tertiary/aromatic N) is 4. The number of nitrogens with one attached hydrogen (secondary N) is 1. The average Bonchev–Trinajstić information content (AvgIpc) is 2.75. The molecule has 0 bridgehead atoms. The van der Waals surface area contributed by atoms with Crippen LogP contribution in [0.1, 0.15) is 24.8 Å². The van der Waals surface area contributed by atoms with Crippen molar-refractivity contribution >= 4 is 11.9 Å². The van der Waals surface area contributed by atoms with Crippen LogP contribution in [0, 0.1) is 5.82 Å². The molecule has 0 spiro atoms. The van der Waals surface area contributed by atoms with Crippen molar-refractivity contribution in [3.63, 3.8) is 0 Å². The third kappa shape index (κ3) is 6.95. The second-order valence-corrected chi connectivity index (χ2v) is 8.19. The molecule has 2 heterocycles. The first-order valence-corrected chi connectivity index (χ1v) is 10.8. The lowest BCUT2D eigenvalue weighted by atomic mass is 10.1. The molecule has 1 aromatic rings. The number of carbonyl (C=O) groups is 1. The van der Waals surface area contributed by atoms with Crippen LogP contribution in [0.25, 0.3) is 0 Å². The number of carbonyl (C=O) groups excluding carboxylic acids is 1. The van der Waals surface area contributed by atoms with Crippen molar-refractivity contribution in [1.29, 1.82) is 0 Å². The molecule has 7 nitrogen and oxygen atoms in total. The summed E-state index contributed by atoms with van der Waals surface area (Å²) in [5, 5.41) is 3.44. The highest BCUT2D eigenvalue weighted by molar-refractivity contribution is 5.85.